The molecule has 88 valence electrons. The van der Waals surface area contributed by atoms with Crippen LogP contribution in [0.1, 0.15) is 54.7 Å². The lowest BCUT2D eigenvalue weighted by Crippen LogP contribution is -2.06. The highest BCUT2D eigenvalue weighted by atomic mass is 79.9. The van der Waals surface area contributed by atoms with Gasteiger partial charge in [-0.15, -0.1) is 0 Å². The van der Waals surface area contributed by atoms with Crippen molar-refractivity contribution < 1.29 is 0 Å². The van der Waals surface area contributed by atoms with Crippen LogP contribution in [0.25, 0.3) is 0 Å². The molecule has 2 atom stereocenters. The summed E-state index contributed by atoms with van der Waals surface area (Å²) in [5.41, 5.74) is 4.54. The van der Waals surface area contributed by atoms with Crippen molar-refractivity contribution in [1.82, 2.24) is 0 Å². The standard InChI is InChI=1S/C15H21Br/c1-11-6-5-9-15(12(11)2)13-7-3-4-8-14(16)10-13/h5-6,9,13-14H,3-4,7-8,10H2,1-2H3. The molecule has 2 unspecified atom stereocenters. The summed E-state index contributed by atoms with van der Waals surface area (Å²) in [6.45, 7) is 4.50. The molecule has 0 spiro atoms. The van der Waals surface area contributed by atoms with Gasteiger partial charge in [0.05, 0.1) is 0 Å². The van der Waals surface area contributed by atoms with Crippen molar-refractivity contribution in [3.05, 3.63) is 34.9 Å². The smallest absolute Gasteiger partial charge is 0.0151 e. The molecule has 1 saturated carbocycles. The summed E-state index contributed by atoms with van der Waals surface area (Å²) in [4.78, 5) is 0.722. The molecule has 1 aromatic rings. The summed E-state index contributed by atoms with van der Waals surface area (Å²) < 4.78 is 0. The van der Waals surface area contributed by atoms with E-state index in [2.05, 4.69) is 48.0 Å². The van der Waals surface area contributed by atoms with Crippen molar-refractivity contribution in [2.24, 2.45) is 0 Å². The highest BCUT2D eigenvalue weighted by molar-refractivity contribution is 9.09. The second-order valence-electron chi connectivity index (χ2n) is 5.10. The van der Waals surface area contributed by atoms with E-state index >= 15 is 0 Å². The van der Waals surface area contributed by atoms with Crippen LogP contribution in [0, 0.1) is 13.8 Å². The SMILES string of the molecule is Cc1cccc(C2CCCCC(Br)C2)c1C. The maximum atomic E-state index is 3.82. The molecule has 0 radical (unpaired) electrons. The first-order chi connectivity index (χ1) is 7.68. The van der Waals surface area contributed by atoms with Crippen LogP contribution in [0.2, 0.25) is 0 Å². The number of halogens is 1. The summed E-state index contributed by atoms with van der Waals surface area (Å²) in [6.07, 6.45) is 6.80. The van der Waals surface area contributed by atoms with E-state index in [9.17, 15) is 0 Å². The third kappa shape index (κ3) is 2.68. The van der Waals surface area contributed by atoms with Crippen molar-refractivity contribution in [2.45, 2.75) is 56.7 Å². The Morgan fingerprint density at radius 1 is 1.12 bits per heavy atom. The summed E-state index contributed by atoms with van der Waals surface area (Å²) in [5, 5.41) is 0. The Bertz CT molecular complexity index is 356. The van der Waals surface area contributed by atoms with Crippen molar-refractivity contribution in [3.63, 3.8) is 0 Å². The van der Waals surface area contributed by atoms with Gasteiger partial charge in [-0.3, -0.25) is 0 Å². The minimum atomic E-state index is 0.722. The normalized spacial score (nSPS) is 26.4. The van der Waals surface area contributed by atoms with E-state index in [0.717, 1.165) is 10.7 Å². The molecule has 0 amide bonds. The van der Waals surface area contributed by atoms with Gasteiger partial charge in [0.25, 0.3) is 0 Å². The van der Waals surface area contributed by atoms with Crippen molar-refractivity contribution in [2.75, 3.05) is 0 Å². The lowest BCUT2D eigenvalue weighted by molar-refractivity contribution is 0.596. The molecule has 1 aliphatic rings. The van der Waals surface area contributed by atoms with E-state index in [-0.39, 0.29) is 0 Å². The predicted octanol–water partition coefficient (Wildman–Crippen LogP) is 5.11. The molecule has 1 aliphatic carbocycles. The maximum absolute atomic E-state index is 3.82. The monoisotopic (exact) mass is 280 g/mol. The molecule has 1 fully saturated rings. The van der Waals surface area contributed by atoms with E-state index in [0.29, 0.717) is 0 Å². The average Bonchev–Trinajstić information content (AvgIpc) is 2.47. The fraction of sp³-hybridized carbons (Fsp3) is 0.600. The molecule has 16 heavy (non-hydrogen) atoms. The zero-order valence-electron chi connectivity index (χ0n) is 10.3. The molecule has 0 N–H and O–H groups in total. The number of alkyl halides is 1. The second-order valence-corrected chi connectivity index (χ2v) is 6.40. The molecular formula is C15H21Br. The first kappa shape index (κ1) is 12.2. The van der Waals surface area contributed by atoms with Crippen molar-refractivity contribution >= 4 is 15.9 Å². The predicted molar refractivity (Wildman–Crippen MR) is 74.5 cm³/mol. The molecule has 0 saturated heterocycles. The Kier molecular flexibility index (Phi) is 4.07. The third-order valence-electron chi connectivity index (χ3n) is 3.95. The van der Waals surface area contributed by atoms with Crippen LogP contribution >= 0.6 is 15.9 Å². The average molecular weight is 281 g/mol. The quantitative estimate of drug-likeness (QED) is 0.495. The van der Waals surface area contributed by atoms with Crippen LogP contribution in [0.5, 0.6) is 0 Å². The van der Waals surface area contributed by atoms with Crippen LogP contribution in [0.4, 0.5) is 0 Å². The number of benzene rings is 1. The summed E-state index contributed by atoms with van der Waals surface area (Å²) in [6, 6.07) is 6.77. The molecule has 1 heteroatoms. The first-order valence-electron chi connectivity index (χ1n) is 6.38. The van der Waals surface area contributed by atoms with Crippen LogP contribution in [-0.2, 0) is 0 Å². The topological polar surface area (TPSA) is 0 Å². The number of aryl methyl sites for hydroxylation is 1. The molecule has 0 heterocycles. The molecule has 0 bridgehead atoms. The highest BCUT2D eigenvalue weighted by Crippen LogP contribution is 2.36. The second kappa shape index (κ2) is 5.35. The number of rotatable bonds is 1. The Morgan fingerprint density at radius 3 is 2.69 bits per heavy atom. The molecule has 2 rings (SSSR count). The fourth-order valence-electron chi connectivity index (χ4n) is 2.80. The Hall–Kier alpha value is -0.300. The Balaban J connectivity index is 2.24. The van der Waals surface area contributed by atoms with Gasteiger partial charge in [0.2, 0.25) is 0 Å². The minimum Gasteiger partial charge on any atom is -0.0890 e. The van der Waals surface area contributed by atoms with Gasteiger partial charge in [-0.1, -0.05) is 47.0 Å². The minimum absolute atomic E-state index is 0.722. The fourth-order valence-corrected chi connectivity index (χ4v) is 3.57. The molecular weight excluding hydrogens is 260 g/mol. The third-order valence-corrected chi connectivity index (χ3v) is 4.78. The molecule has 0 aromatic heterocycles. The van der Waals surface area contributed by atoms with Gasteiger partial charge in [0, 0.05) is 4.83 Å². The van der Waals surface area contributed by atoms with E-state index in [1.807, 2.05) is 0 Å². The van der Waals surface area contributed by atoms with Gasteiger partial charge in [0.1, 0.15) is 0 Å². The van der Waals surface area contributed by atoms with Crippen LogP contribution in [-0.4, -0.2) is 4.83 Å². The number of hydrogen-bond donors (Lipinski definition) is 0. The zero-order valence-corrected chi connectivity index (χ0v) is 11.9. The summed E-state index contributed by atoms with van der Waals surface area (Å²) in [7, 11) is 0. The van der Waals surface area contributed by atoms with E-state index in [1.165, 1.54) is 43.2 Å². The Labute approximate surface area is 108 Å². The van der Waals surface area contributed by atoms with Crippen LogP contribution < -0.4 is 0 Å². The lowest BCUT2D eigenvalue weighted by atomic mass is 9.87. The van der Waals surface area contributed by atoms with Crippen LogP contribution in [0.15, 0.2) is 18.2 Å². The summed E-state index contributed by atoms with van der Waals surface area (Å²) >= 11 is 3.82. The maximum Gasteiger partial charge on any atom is 0.0151 e. The highest BCUT2D eigenvalue weighted by Gasteiger charge is 2.21. The molecule has 0 nitrogen and oxygen atoms in total. The van der Waals surface area contributed by atoms with Gasteiger partial charge in [-0.05, 0) is 55.7 Å². The van der Waals surface area contributed by atoms with Crippen molar-refractivity contribution in [3.8, 4) is 0 Å². The zero-order chi connectivity index (χ0) is 11.5. The van der Waals surface area contributed by atoms with Gasteiger partial charge in [-0.25, -0.2) is 0 Å². The summed E-state index contributed by atoms with van der Waals surface area (Å²) in [5.74, 6) is 0.770. The van der Waals surface area contributed by atoms with Gasteiger partial charge < -0.3 is 0 Å². The van der Waals surface area contributed by atoms with Crippen LogP contribution in [0.3, 0.4) is 0 Å². The van der Waals surface area contributed by atoms with E-state index in [1.54, 1.807) is 5.56 Å². The van der Waals surface area contributed by atoms with Gasteiger partial charge in [-0.2, -0.15) is 0 Å². The van der Waals surface area contributed by atoms with E-state index < -0.39 is 0 Å². The Morgan fingerprint density at radius 2 is 1.88 bits per heavy atom. The number of hydrogen-bond acceptors (Lipinski definition) is 0. The molecule has 1 aromatic carbocycles. The molecule has 0 aliphatic heterocycles. The van der Waals surface area contributed by atoms with E-state index in [4.69, 9.17) is 0 Å². The van der Waals surface area contributed by atoms with Gasteiger partial charge in [0.15, 0.2) is 0 Å². The largest absolute Gasteiger partial charge is 0.0890 e. The van der Waals surface area contributed by atoms with Crippen molar-refractivity contribution in [1.29, 1.82) is 0 Å². The first-order valence-corrected chi connectivity index (χ1v) is 7.30. The van der Waals surface area contributed by atoms with Gasteiger partial charge >= 0.3 is 0 Å². The lowest BCUT2D eigenvalue weighted by Gasteiger charge is -2.20.